The van der Waals surface area contributed by atoms with Crippen LogP contribution in [-0.2, 0) is 16.1 Å². The van der Waals surface area contributed by atoms with E-state index in [9.17, 15) is 4.79 Å². The summed E-state index contributed by atoms with van der Waals surface area (Å²) in [5, 5.41) is 2.93. The number of carbonyl (C=O) groups excluding carboxylic acids is 1. The van der Waals surface area contributed by atoms with Crippen molar-refractivity contribution in [1.29, 1.82) is 0 Å². The first kappa shape index (κ1) is 13.5. The molecule has 0 saturated carbocycles. The first-order valence-corrected chi connectivity index (χ1v) is 7.20. The molecule has 5 nitrogen and oxygen atoms in total. The second-order valence-electron chi connectivity index (χ2n) is 5.86. The first-order valence-electron chi connectivity index (χ1n) is 7.20. The van der Waals surface area contributed by atoms with Gasteiger partial charge in [0.15, 0.2) is 0 Å². The van der Waals surface area contributed by atoms with Crippen LogP contribution in [0.5, 0.6) is 0 Å². The van der Waals surface area contributed by atoms with Gasteiger partial charge in [-0.05, 0) is 25.1 Å². The molecule has 3 atom stereocenters. The zero-order valence-corrected chi connectivity index (χ0v) is 11.8. The van der Waals surface area contributed by atoms with Crippen molar-refractivity contribution in [3.63, 3.8) is 0 Å². The number of hydrogen-bond donors (Lipinski definition) is 1. The van der Waals surface area contributed by atoms with Crippen LogP contribution in [0.2, 0.25) is 0 Å². The number of nitrogens with one attached hydrogen (secondary N) is 1. The van der Waals surface area contributed by atoms with Gasteiger partial charge in [-0.3, -0.25) is 9.78 Å². The highest BCUT2D eigenvalue weighted by Crippen LogP contribution is 2.33. The number of nitrogens with zero attached hydrogens (tertiary/aromatic N) is 2. The van der Waals surface area contributed by atoms with Gasteiger partial charge in [-0.2, -0.15) is 0 Å². The van der Waals surface area contributed by atoms with E-state index in [1.54, 1.807) is 12.4 Å². The Bertz CT molecular complexity index is 451. The Hall–Kier alpha value is -1.46. The zero-order valence-electron chi connectivity index (χ0n) is 11.8. The largest absolute Gasteiger partial charge is 0.373 e. The van der Waals surface area contributed by atoms with Gasteiger partial charge >= 0.3 is 0 Å². The van der Waals surface area contributed by atoms with Gasteiger partial charge in [0.05, 0.1) is 18.6 Å². The summed E-state index contributed by atoms with van der Waals surface area (Å²) in [6.07, 6.45) is 5.40. The molecule has 1 N–H and O–H groups in total. The number of pyridine rings is 1. The fourth-order valence-corrected chi connectivity index (χ4v) is 3.18. The van der Waals surface area contributed by atoms with Crippen molar-refractivity contribution in [3.8, 4) is 0 Å². The van der Waals surface area contributed by atoms with E-state index in [4.69, 9.17) is 4.74 Å². The molecule has 0 spiro atoms. The predicted octanol–water partition coefficient (Wildman–Crippen LogP) is 0.807. The quantitative estimate of drug-likeness (QED) is 0.883. The van der Waals surface area contributed by atoms with Crippen molar-refractivity contribution < 1.29 is 9.53 Å². The summed E-state index contributed by atoms with van der Waals surface area (Å²) in [6, 6.07) is 3.83. The molecular formula is C15H21N3O2. The smallest absolute Gasteiger partial charge is 0.222 e. The van der Waals surface area contributed by atoms with Crippen LogP contribution >= 0.6 is 0 Å². The average Bonchev–Trinajstić information content (AvgIpc) is 2.94. The number of hydrogen-bond acceptors (Lipinski definition) is 4. The lowest BCUT2D eigenvalue weighted by molar-refractivity contribution is -0.123. The summed E-state index contributed by atoms with van der Waals surface area (Å²) in [5.41, 5.74) is 1.02. The Morgan fingerprint density at radius 2 is 2.45 bits per heavy atom. The lowest BCUT2D eigenvalue weighted by Crippen LogP contribution is -2.28. The molecule has 2 saturated heterocycles. The molecule has 3 heterocycles. The zero-order chi connectivity index (χ0) is 13.9. The maximum absolute atomic E-state index is 11.9. The summed E-state index contributed by atoms with van der Waals surface area (Å²) >= 11 is 0. The Morgan fingerprint density at radius 3 is 3.20 bits per heavy atom. The van der Waals surface area contributed by atoms with Crippen molar-refractivity contribution >= 4 is 5.91 Å². The van der Waals surface area contributed by atoms with Crippen LogP contribution in [0.15, 0.2) is 24.5 Å². The lowest BCUT2D eigenvalue weighted by Gasteiger charge is -2.15. The van der Waals surface area contributed by atoms with E-state index < -0.39 is 0 Å². The van der Waals surface area contributed by atoms with Crippen LogP contribution in [0, 0.1) is 5.92 Å². The molecule has 0 aromatic carbocycles. The molecule has 2 aliphatic rings. The van der Waals surface area contributed by atoms with Gasteiger partial charge in [0.2, 0.25) is 5.91 Å². The molecule has 1 aromatic heterocycles. The van der Waals surface area contributed by atoms with Gasteiger partial charge < -0.3 is 15.0 Å². The molecule has 1 amide bonds. The second kappa shape index (κ2) is 5.89. The number of fused-ring (bicyclic) bond motifs is 1. The van der Waals surface area contributed by atoms with Crippen molar-refractivity contribution in [2.75, 3.05) is 20.1 Å². The SMILES string of the molecule is CN1C[C@H]2C[C@H](CC(=O)NCc3cccnc3)O[C@H]2C1. The highest BCUT2D eigenvalue weighted by atomic mass is 16.5. The molecule has 0 radical (unpaired) electrons. The Morgan fingerprint density at radius 1 is 1.55 bits per heavy atom. The van der Waals surface area contributed by atoms with Crippen molar-refractivity contribution in [2.45, 2.75) is 31.6 Å². The molecule has 0 bridgehead atoms. The topological polar surface area (TPSA) is 54.5 Å². The molecule has 0 unspecified atom stereocenters. The second-order valence-corrected chi connectivity index (χ2v) is 5.86. The van der Waals surface area contributed by atoms with Gasteiger partial charge in [0, 0.05) is 37.9 Å². The third kappa shape index (κ3) is 3.16. The van der Waals surface area contributed by atoms with Crippen LogP contribution in [-0.4, -0.2) is 48.1 Å². The van der Waals surface area contributed by atoms with E-state index in [1.807, 2.05) is 12.1 Å². The molecule has 2 aliphatic heterocycles. The highest BCUT2D eigenvalue weighted by Gasteiger charge is 2.41. The first-order chi connectivity index (χ1) is 9.70. The number of carbonyl (C=O) groups is 1. The number of likely N-dealkylation sites (tertiary alicyclic amines) is 1. The van der Waals surface area contributed by atoms with Crippen LogP contribution in [0.25, 0.3) is 0 Å². The van der Waals surface area contributed by atoms with E-state index in [2.05, 4.69) is 22.2 Å². The molecule has 2 fully saturated rings. The standard InChI is InChI=1S/C15H21N3O2/c1-18-9-12-5-13(20-14(12)10-18)6-15(19)17-8-11-3-2-4-16-7-11/h2-4,7,12-14H,5-6,8-10H2,1H3,(H,17,19)/t12-,13-,14+/m1/s1. The number of aromatic nitrogens is 1. The number of likely N-dealkylation sites (N-methyl/N-ethyl adjacent to an activating group) is 1. The van der Waals surface area contributed by atoms with E-state index >= 15 is 0 Å². The maximum Gasteiger partial charge on any atom is 0.222 e. The normalized spacial score (nSPS) is 29.4. The van der Waals surface area contributed by atoms with Crippen molar-refractivity contribution in [1.82, 2.24) is 15.2 Å². The summed E-state index contributed by atoms with van der Waals surface area (Å²) < 4.78 is 5.96. The van der Waals surface area contributed by atoms with Gasteiger partial charge in [0.25, 0.3) is 0 Å². The summed E-state index contributed by atoms with van der Waals surface area (Å²) in [6.45, 7) is 2.63. The minimum absolute atomic E-state index is 0.0622. The minimum atomic E-state index is 0.0622. The number of ether oxygens (including phenoxy) is 1. The average molecular weight is 275 g/mol. The van der Waals surface area contributed by atoms with E-state index in [-0.39, 0.29) is 12.0 Å². The van der Waals surface area contributed by atoms with Crippen LogP contribution in [0.3, 0.4) is 0 Å². The molecule has 0 aliphatic carbocycles. The van der Waals surface area contributed by atoms with Crippen LogP contribution in [0.4, 0.5) is 0 Å². The van der Waals surface area contributed by atoms with Gasteiger partial charge in [-0.25, -0.2) is 0 Å². The fraction of sp³-hybridized carbons (Fsp3) is 0.600. The Labute approximate surface area is 119 Å². The van der Waals surface area contributed by atoms with E-state index in [0.717, 1.165) is 25.1 Å². The summed E-state index contributed by atoms with van der Waals surface area (Å²) in [5.74, 6) is 0.670. The number of amides is 1. The Kier molecular flexibility index (Phi) is 3.98. The highest BCUT2D eigenvalue weighted by molar-refractivity contribution is 5.76. The Balaban J connectivity index is 1.42. The number of rotatable bonds is 4. The molecular weight excluding hydrogens is 254 g/mol. The maximum atomic E-state index is 11.9. The van der Waals surface area contributed by atoms with Crippen molar-refractivity contribution in [2.24, 2.45) is 5.92 Å². The predicted molar refractivity (Wildman–Crippen MR) is 75.0 cm³/mol. The summed E-state index contributed by atoms with van der Waals surface area (Å²) in [4.78, 5) is 18.3. The third-order valence-electron chi connectivity index (χ3n) is 4.12. The summed E-state index contributed by atoms with van der Waals surface area (Å²) in [7, 11) is 2.12. The van der Waals surface area contributed by atoms with Gasteiger partial charge in [-0.1, -0.05) is 6.07 Å². The van der Waals surface area contributed by atoms with Gasteiger partial charge in [-0.15, -0.1) is 0 Å². The molecule has 1 aromatic rings. The molecule has 108 valence electrons. The molecule has 20 heavy (non-hydrogen) atoms. The molecule has 3 rings (SSSR count). The van der Waals surface area contributed by atoms with Crippen LogP contribution in [0.1, 0.15) is 18.4 Å². The van der Waals surface area contributed by atoms with Gasteiger partial charge in [0.1, 0.15) is 0 Å². The monoisotopic (exact) mass is 275 g/mol. The fourth-order valence-electron chi connectivity index (χ4n) is 3.18. The van der Waals surface area contributed by atoms with Crippen molar-refractivity contribution in [3.05, 3.63) is 30.1 Å². The lowest BCUT2D eigenvalue weighted by atomic mass is 10.0. The minimum Gasteiger partial charge on any atom is -0.373 e. The van der Waals surface area contributed by atoms with Crippen LogP contribution < -0.4 is 5.32 Å². The molecule has 5 heteroatoms. The third-order valence-corrected chi connectivity index (χ3v) is 4.12. The van der Waals surface area contributed by atoms with E-state index in [0.29, 0.717) is 25.0 Å². The van der Waals surface area contributed by atoms with E-state index in [1.165, 1.54) is 0 Å².